The van der Waals surface area contributed by atoms with E-state index >= 15 is 0 Å². The minimum atomic E-state index is -1.04. The van der Waals surface area contributed by atoms with Gasteiger partial charge in [0.15, 0.2) is 5.69 Å². The summed E-state index contributed by atoms with van der Waals surface area (Å²) in [5, 5.41) is 15.4. The van der Waals surface area contributed by atoms with Gasteiger partial charge in [-0.15, -0.1) is 11.3 Å². The molecule has 5 aromatic rings. The van der Waals surface area contributed by atoms with Gasteiger partial charge in [0.05, 0.1) is 18.3 Å². The number of carboxylic acids is 1. The fourth-order valence-electron chi connectivity index (χ4n) is 4.09. The SMILES string of the molecule is COc1cc(F)cc2c1cc(C)n2CCNc1cc(-c2ccc(-c3nc(C(=O)O)cs3)cc2)ncn1. The molecule has 0 spiro atoms. The van der Waals surface area contributed by atoms with Crippen molar-refractivity contribution in [3.63, 3.8) is 0 Å². The Morgan fingerprint density at radius 2 is 1.92 bits per heavy atom. The van der Waals surface area contributed by atoms with Gasteiger partial charge in [0.2, 0.25) is 0 Å². The number of hydrogen-bond acceptors (Lipinski definition) is 7. The summed E-state index contributed by atoms with van der Waals surface area (Å²) in [5.74, 6) is -0.186. The lowest BCUT2D eigenvalue weighted by Crippen LogP contribution is -2.12. The summed E-state index contributed by atoms with van der Waals surface area (Å²) in [6, 6.07) is 14.4. The smallest absolute Gasteiger partial charge is 0.355 e. The molecule has 0 aliphatic heterocycles. The number of rotatable bonds is 8. The number of aromatic nitrogens is 4. The molecule has 2 N–H and O–H groups in total. The molecule has 0 aliphatic rings. The predicted molar refractivity (Wildman–Crippen MR) is 137 cm³/mol. The number of nitrogens with one attached hydrogen (secondary N) is 1. The third-order valence-electron chi connectivity index (χ3n) is 5.83. The third kappa shape index (κ3) is 4.63. The largest absolute Gasteiger partial charge is 0.496 e. The molecule has 0 saturated heterocycles. The zero-order chi connectivity index (χ0) is 25.2. The number of carboxylic acid groups (broad SMARTS) is 1. The molecule has 0 aliphatic carbocycles. The van der Waals surface area contributed by atoms with E-state index in [2.05, 4.69) is 20.3 Å². The fraction of sp³-hybridized carbons (Fsp3) is 0.154. The number of nitrogens with zero attached hydrogens (tertiary/aromatic N) is 4. The molecule has 0 radical (unpaired) electrons. The van der Waals surface area contributed by atoms with Crippen molar-refractivity contribution < 1.29 is 19.0 Å². The van der Waals surface area contributed by atoms with E-state index in [0.29, 0.717) is 29.7 Å². The molecule has 10 heteroatoms. The first kappa shape index (κ1) is 23.4. The third-order valence-corrected chi connectivity index (χ3v) is 6.73. The van der Waals surface area contributed by atoms with Crippen molar-refractivity contribution in [2.24, 2.45) is 0 Å². The highest BCUT2D eigenvalue weighted by molar-refractivity contribution is 7.13. The monoisotopic (exact) mass is 503 g/mol. The molecule has 0 amide bonds. The number of aryl methyl sites for hydroxylation is 1. The lowest BCUT2D eigenvalue weighted by molar-refractivity contribution is 0.0691. The van der Waals surface area contributed by atoms with Crippen molar-refractivity contribution in [2.45, 2.75) is 13.5 Å². The Labute approximate surface area is 210 Å². The molecule has 3 heterocycles. The molecule has 182 valence electrons. The van der Waals surface area contributed by atoms with Crippen LogP contribution in [-0.2, 0) is 6.54 Å². The van der Waals surface area contributed by atoms with Gasteiger partial charge in [-0.2, -0.15) is 0 Å². The second-order valence-electron chi connectivity index (χ2n) is 8.11. The molecule has 3 aromatic heterocycles. The minimum absolute atomic E-state index is 0.0398. The van der Waals surface area contributed by atoms with E-state index in [1.807, 2.05) is 47.9 Å². The molecule has 5 rings (SSSR count). The van der Waals surface area contributed by atoms with Crippen LogP contribution in [0.15, 0.2) is 60.2 Å². The number of hydrogen-bond donors (Lipinski definition) is 2. The van der Waals surface area contributed by atoms with Crippen LogP contribution in [0.25, 0.3) is 32.7 Å². The molecule has 0 atom stereocenters. The van der Waals surface area contributed by atoms with Crippen LogP contribution in [0.5, 0.6) is 5.75 Å². The van der Waals surface area contributed by atoms with E-state index < -0.39 is 5.97 Å². The molecule has 0 bridgehead atoms. The summed E-state index contributed by atoms with van der Waals surface area (Å²) < 4.78 is 21.4. The standard InChI is InChI=1S/C26H22FN5O3S/c1-15-9-19-22(10-18(27)11-23(19)35-2)32(15)8-7-28-24-12-20(29-14-30-24)16-3-5-17(6-4-16)25-31-21(13-36-25)26(33)34/h3-6,9-14H,7-8H2,1-2H3,(H,33,34)(H,28,29,30). The van der Waals surface area contributed by atoms with Gasteiger partial charge < -0.3 is 19.7 Å². The second kappa shape index (κ2) is 9.74. The van der Waals surface area contributed by atoms with Gasteiger partial charge in [0.25, 0.3) is 0 Å². The van der Waals surface area contributed by atoms with Crippen LogP contribution in [0.3, 0.4) is 0 Å². The highest BCUT2D eigenvalue weighted by Gasteiger charge is 2.13. The topological polar surface area (TPSA) is 102 Å². The Kier molecular flexibility index (Phi) is 6.34. The Bertz CT molecular complexity index is 1560. The average molecular weight is 504 g/mol. The Morgan fingerprint density at radius 1 is 1.14 bits per heavy atom. The molecule has 8 nitrogen and oxygen atoms in total. The second-order valence-corrected chi connectivity index (χ2v) is 8.97. The number of fused-ring (bicyclic) bond motifs is 1. The van der Waals surface area contributed by atoms with E-state index in [4.69, 9.17) is 9.84 Å². The Balaban J connectivity index is 1.29. The molecular formula is C26H22FN5O3S. The quantitative estimate of drug-likeness (QED) is 0.289. The predicted octanol–water partition coefficient (Wildman–Crippen LogP) is 5.49. The number of ether oxygens (including phenoxy) is 1. The van der Waals surface area contributed by atoms with Crippen molar-refractivity contribution in [2.75, 3.05) is 19.0 Å². The summed E-state index contributed by atoms with van der Waals surface area (Å²) in [5.41, 5.74) is 4.32. The first-order valence-electron chi connectivity index (χ1n) is 11.1. The first-order valence-corrected chi connectivity index (χ1v) is 12.0. The van der Waals surface area contributed by atoms with Crippen molar-refractivity contribution in [1.29, 1.82) is 0 Å². The summed E-state index contributed by atoms with van der Waals surface area (Å²) in [6.07, 6.45) is 1.50. The van der Waals surface area contributed by atoms with E-state index in [1.54, 1.807) is 0 Å². The molecule has 0 saturated carbocycles. The molecule has 0 fully saturated rings. The summed E-state index contributed by atoms with van der Waals surface area (Å²) >= 11 is 1.29. The van der Waals surface area contributed by atoms with E-state index in [0.717, 1.165) is 33.4 Å². The fourth-order valence-corrected chi connectivity index (χ4v) is 4.89. The summed E-state index contributed by atoms with van der Waals surface area (Å²) in [6.45, 7) is 3.18. The van der Waals surface area contributed by atoms with Crippen LogP contribution in [0.1, 0.15) is 16.2 Å². The average Bonchev–Trinajstić information content (AvgIpc) is 3.49. The van der Waals surface area contributed by atoms with Crippen LogP contribution < -0.4 is 10.1 Å². The van der Waals surface area contributed by atoms with Gasteiger partial charge in [-0.05, 0) is 19.1 Å². The highest BCUT2D eigenvalue weighted by Crippen LogP contribution is 2.30. The van der Waals surface area contributed by atoms with E-state index in [9.17, 15) is 9.18 Å². The minimum Gasteiger partial charge on any atom is -0.496 e. The zero-order valence-corrected chi connectivity index (χ0v) is 20.3. The van der Waals surface area contributed by atoms with Gasteiger partial charge >= 0.3 is 5.97 Å². The highest BCUT2D eigenvalue weighted by atomic mass is 32.1. The van der Waals surface area contributed by atoms with E-state index in [-0.39, 0.29) is 11.5 Å². The zero-order valence-electron chi connectivity index (χ0n) is 19.5. The van der Waals surface area contributed by atoms with Gasteiger partial charge in [-0.25, -0.2) is 24.1 Å². The number of carbonyl (C=O) groups is 1. The first-order chi connectivity index (χ1) is 17.4. The number of benzene rings is 2. The normalized spacial score (nSPS) is 11.1. The Hall–Kier alpha value is -4.31. The van der Waals surface area contributed by atoms with Gasteiger partial charge in [-0.3, -0.25) is 0 Å². The summed E-state index contributed by atoms with van der Waals surface area (Å²) in [4.78, 5) is 23.9. The molecule has 36 heavy (non-hydrogen) atoms. The van der Waals surface area contributed by atoms with Crippen LogP contribution >= 0.6 is 11.3 Å². The number of anilines is 1. The maximum atomic E-state index is 14.1. The molecular weight excluding hydrogens is 481 g/mol. The van der Waals surface area contributed by atoms with Crippen molar-refractivity contribution in [1.82, 2.24) is 19.5 Å². The van der Waals surface area contributed by atoms with Crippen LogP contribution in [0.4, 0.5) is 10.2 Å². The van der Waals surface area contributed by atoms with Crippen molar-refractivity contribution in [3.05, 3.63) is 77.4 Å². The molecule has 0 unspecified atom stereocenters. The lowest BCUT2D eigenvalue weighted by Gasteiger charge is -2.11. The maximum Gasteiger partial charge on any atom is 0.355 e. The molecule has 2 aromatic carbocycles. The number of aromatic carboxylic acids is 1. The van der Waals surface area contributed by atoms with E-state index in [1.165, 1.54) is 42.3 Å². The van der Waals surface area contributed by atoms with Crippen molar-refractivity contribution >= 4 is 34.0 Å². The summed E-state index contributed by atoms with van der Waals surface area (Å²) in [7, 11) is 1.54. The number of halogens is 1. The van der Waals surface area contributed by atoms with Gasteiger partial charge in [0.1, 0.15) is 28.7 Å². The van der Waals surface area contributed by atoms with Gasteiger partial charge in [0, 0.05) is 52.8 Å². The van der Waals surface area contributed by atoms with Crippen LogP contribution in [0, 0.1) is 12.7 Å². The van der Waals surface area contributed by atoms with Crippen LogP contribution in [-0.4, -0.2) is 44.2 Å². The lowest BCUT2D eigenvalue weighted by atomic mass is 10.1. The number of methoxy groups -OCH3 is 1. The van der Waals surface area contributed by atoms with Crippen molar-refractivity contribution in [3.8, 4) is 27.6 Å². The Morgan fingerprint density at radius 3 is 2.64 bits per heavy atom. The van der Waals surface area contributed by atoms with Crippen LogP contribution in [0.2, 0.25) is 0 Å². The number of thiazole rings is 1. The van der Waals surface area contributed by atoms with Gasteiger partial charge in [-0.1, -0.05) is 24.3 Å². The maximum absolute atomic E-state index is 14.1.